The van der Waals surface area contributed by atoms with Gasteiger partial charge in [-0.15, -0.1) is 0 Å². The van der Waals surface area contributed by atoms with Crippen molar-refractivity contribution in [3.63, 3.8) is 0 Å². The first-order chi connectivity index (χ1) is 4.63. The van der Waals surface area contributed by atoms with E-state index in [1.54, 1.807) is 6.40 Å². The first kappa shape index (κ1) is 7.45. The largest absolute Gasteiger partial charge is 0.533 e. The third-order valence-corrected chi connectivity index (χ3v) is 2.35. The number of hydrogen-bond acceptors (Lipinski definition) is 1. The van der Waals surface area contributed by atoms with Crippen molar-refractivity contribution in [1.82, 2.24) is 0 Å². The zero-order valence-electron chi connectivity index (χ0n) is 7.09. The molecule has 2 heteroatoms. The molecule has 0 saturated carbocycles. The molecule has 58 valence electrons. The maximum absolute atomic E-state index is 5.35. The van der Waals surface area contributed by atoms with E-state index in [-0.39, 0.29) is 0 Å². The minimum atomic E-state index is 0.330. The van der Waals surface area contributed by atoms with Gasteiger partial charge in [-0.3, -0.25) is 0 Å². The first-order valence-electron chi connectivity index (χ1n) is 3.68. The Morgan fingerprint density at radius 2 is 2.10 bits per heavy atom. The van der Waals surface area contributed by atoms with Crippen LogP contribution in [0.25, 0.3) is 0 Å². The van der Waals surface area contributed by atoms with Crippen molar-refractivity contribution < 1.29 is 9.31 Å². The molecule has 10 heavy (non-hydrogen) atoms. The van der Waals surface area contributed by atoms with Crippen LogP contribution in [-0.4, -0.2) is 24.1 Å². The normalized spacial score (nSPS) is 33.2. The average Bonchev–Trinajstić information content (AvgIpc) is 1.93. The Kier molecular flexibility index (Phi) is 1.88. The predicted molar refractivity (Wildman–Crippen MR) is 40.9 cm³/mol. The molecular formula is C8H15NO. The van der Waals surface area contributed by atoms with E-state index >= 15 is 0 Å². The highest BCUT2D eigenvalue weighted by Gasteiger charge is 2.22. The van der Waals surface area contributed by atoms with Gasteiger partial charge in [0.25, 0.3) is 0 Å². The molecule has 0 aliphatic carbocycles. The van der Waals surface area contributed by atoms with Crippen molar-refractivity contribution in [2.24, 2.45) is 5.92 Å². The minimum Gasteiger partial charge on any atom is -0.533 e. The van der Waals surface area contributed by atoms with E-state index in [1.165, 1.54) is 6.04 Å². The Balaban J connectivity index is 2.71. The van der Waals surface area contributed by atoms with Gasteiger partial charge in [0.15, 0.2) is 6.40 Å². The van der Waals surface area contributed by atoms with Crippen molar-refractivity contribution >= 4 is 6.40 Å². The lowest BCUT2D eigenvalue weighted by molar-refractivity contribution is -0.505. The van der Waals surface area contributed by atoms with Gasteiger partial charge in [0.2, 0.25) is 0 Å². The third kappa shape index (κ3) is 1.11. The van der Waals surface area contributed by atoms with Crippen LogP contribution in [0, 0.1) is 12.0 Å². The lowest BCUT2D eigenvalue weighted by Crippen LogP contribution is -2.34. The fourth-order valence-electron chi connectivity index (χ4n) is 1.05. The number of ether oxygens (including phenoxy) is 1. The van der Waals surface area contributed by atoms with Crippen LogP contribution in [0.3, 0.4) is 0 Å². The van der Waals surface area contributed by atoms with Gasteiger partial charge in [-0.2, -0.15) is 0 Å². The van der Waals surface area contributed by atoms with Crippen LogP contribution in [0.15, 0.2) is 0 Å². The summed E-state index contributed by atoms with van der Waals surface area (Å²) in [6, 6.07) is 1.37. The van der Waals surface area contributed by atoms with E-state index in [0.717, 1.165) is 0 Å². The topological polar surface area (TPSA) is 12.2 Å². The zero-order chi connectivity index (χ0) is 7.72. The highest BCUT2D eigenvalue weighted by Crippen LogP contribution is 2.22. The van der Waals surface area contributed by atoms with Gasteiger partial charge in [-0.25, -0.2) is 0 Å². The van der Waals surface area contributed by atoms with Crippen LogP contribution in [0.4, 0.5) is 0 Å². The van der Waals surface area contributed by atoms with Crippen molar-refractivity contribution in [2.45, 2.75) is 26.9 Å². The Bertz CT molecular complexity index is 153. The smallest absolute Gasteiger partial charge is 0.180 e. The summed E-state index contributed by atoms with van der Waals surface area (Å²) in [5.41, 5.74) is 0. The first-order valence-corrected chi connectivity index (χ1v) is 3.68. The lowest BCUT2D eigenvalue weighted by Gasteiger charge is -2.33. The van der Waals surface area contributed by atoms with Gasteiger partial charge >= 0.3 is 0 Å². The molecule has 0 amide bonds. The molecule has 0 saturated heterocycles. The molecule has 0 bridgehead atoms. The Labute approximate surface area is 62.5 Å². The van der Waals surface area contributed by atoms with Gasteiger partial charge in [0.1, 0.15) is 7.05 Å². The standard InChI is InChI=1S/C8H15NO/c1-6-7(2)9(4)5-10-8(6)3/h5-6,8H,1-4H3. The van der Waals surface area contributed by atoms with Crippen molar-refractivity contribution in [3.05, 3.63) is 6.04 Å². The van der Waals surface area contributed by atoms with Crippen molar-refractivity contribution in [2.75, 3.05) is 7.05 Å². The van der Waals surface area contributed by atoms with Crippen molar-refractivity contribution in [3.8, 4) is 0 Å². The Morgan fingerprint density at radius 1 is 1.50 bits per heavy atom. The number of hydrogen-bond donors (Lipinski definition) is 0. The number of rotatable bonds is 0. The monoisotopic (exact) mass is 141 g/mol. The highest BCUT2D eigenvalue weighted by molar-refractivity contribution is 5.41. The predicted octanol–water partition coefficient (Wildman–Crippen LogP) is 1.26. The molecule has 0 radical (unpaired) electrons. The summed E-state index contributed by atoms with van der Waals surface area (Å²) in [6.45, 7) is 6.42. The summed E-state index contributed by atoms with van der Waals surface area (Å²) in [5.74, 6) is 0.537. The molecule has 2 atom stereocenters. The molecular weight excluding hydrogens is 126 g/mol. The van der Waals surface area contributed by atoms with E-state index in [2.05, 4.69) is 20.8 Å². The van der Waals surface area contributed by atoms with E-state index in [1.807, 2.05) is 11.6 Å². The summed E-state index contributed by atoms with van der Waals surface area (Å²) in [4.78, 5) is 0. The summed E-state index contributed by atoms with van der Waals surface area (Å²) in [5, 5.41) is 0. The SMILES string of the molecule is C[C-]1C(C)C(C)OC=[N+]1C. The van der Waals surface area contributed by atoms with E-state index in [9.17, 15) is 0 Å². The van der Waals surface area contributed by atoms with Crippen LogP contribution in [-0.2, 0) is 4.74 Å². The van der Waals surface area contributed by atoms with Crippen LogP contribution in [0.2, 0.25) is 0 Å². The minimum absolute atomic E-state index is 0.330. The second-order valence-electron chi connectivity index (χ2n) is 2.99. The zero-order valence-corrected chi connectivity index (χ0v) is 7.09. The van der Waals surface area contributed by atoms with E-state index < -0.39 is 0 Å². The van der Waals surface area contributed by atoms with E-state index in [0.29, 0.717) is 12.0 Å². The molecule has 0 spiro atoms. The fraction of sp³-hybridized carbons (Fsp3) is 0.750. The third-order valence-electron chi connectivity index (χ3n) is 2.35. The molecule has 0 aromatic carbocycles. The van der Waals surface area contributed by atoms with Gasteiger partial charge < -0.3 is 9.31 Å². The van der Waals surface area contributed by atoms with Crippen LogP contribution in [0.1, 0.15) is 20.8 Å². The second kappa shape index (κ2) is 2.52. The Morgan fingerprint density at radius 3 is 2.60 bits per heavy atom. The van der Waals surface area contributed by atoms with Gasteiger partial charge in [-0.1, -0.05) is 13.8 Å². The number of nitrogens with zero attached hydrogens (tertiary/aromatic N) is 1. The quantitative estimate of drug-likeness (QED) is 0.365. The molecule has 1 aliphatic rings. The summed E-state index contributed by atoms with van der Waals surface area (Å²) in [7, 11) is 2.01. The lowest BCUT2D eigenvalue weighted by atomic mass is 9.97. The summed E-state index contributed by atoms with van der Waals surface area (Å²) < 4.78 is 7.39. The molecule has 1 heterocycles. The molecule has 0 fully saturated rings. The summed E-state index contributed by atoms with van der Waals surface area (Å²) >= 11 is 0. The van der Waals surface area contributed by atoms with Gasteiger partial charge in [0.05, 0.1) is 6.10 Å². The molecule has 2 unspecified atom stereocenters. The molecule has 0 N–H and O–H groups in total. The van der Waals surface area contributed by atoms with Crippen LogP contribution < -0.4 is 0 Å². The summed E-state index contributed by atoms with van der Waals surface area (Å²) in [6.07, 6.45) is 2.11. The fourth-order valence-corrected chi connectivity index (χ4v) is 1.05. The van der Waals surface area contributed by atoms with Crippen LogP contribution >= 0.6 is 0 Å². The van der Waals surface area contributed by atoms with Gasteiger partial charge in [0, 0.05) is 12.0 Å². The molecule has 0 aromatic rings. The molecule has 1 rings (SSSR count). The van der Waals surface area contributed by atoms with Gasteiger partial charge in [-0.05, 0) is 6.92 Å². The molecule has 2 nitrogen and oxygen atoms in total. The highest BCUT2D eigenvalue weighted by atomic mass is 16.5. The second-order valence-corrected chi connectivity index (χ2v) is 2.99. The molecule has 0 aromatic heterocycles. The maximum Gasteiger partial charge on any atom is 0.180 e. The van der Waals surface area contributed by atoms with Crippen molar-refractivity contribution in [1.29, 1.82) is 0 Å². The maximum atomic E-state index is 5.35. The molecule has 1 aliphatic heterocycles. The average molecular weight is 141 g/mol. The van der Waals surface area contributed by atoms with Crippen LogP contribution in [0.5, 0.6) is 0 Å². The van der Waals surface area contributed by atoms with E-state index in [4.69, 9.17) is 4.74 Å². The Hall–Kier alpha value is -0.660.